The third kappa shape index (κ3) is 6.12. The Kier molecular flexibility index (Phi) is 6.29. The Hall–Kier alpha value is -0.940. The molecule has 0 radical (unpaired) electrons. The fraction of sp³-hybridized carbons (Fsp3) is 0.571. The van der Waals surface area contributed by atoms with Gasteiger partial charge in [0.25, 0.3) is 0 Å². The van der Waals surface area contributed by atoms with Crippen molar-refractivity contribution >= 4 is 0 Å². The van der Waals surface area contributed by atoms with Crippen LogP contribution >= 0.6 is 0 Å². The minimum Gasteiger partial charge on any atom is -0.396 e. The lowest BCUT2D eigenvalue weighted by Crippen LogP contribution is -2.33. The first-order chi connectivity index (χ1) is 8.53. The van der Waals surface area contributed by atoms with Crippen LogP contribution in [0.4, 0.5) is 0 Å². The summed E-state index contributed by atoms with van der Waals surface area (Å²) in [5.74, 6) is 0. The lowest BCUT2D eigenvalue weighted by Gasteiger charge is -2.25. The van der Waals surface area contributed by atoms with Gasteiger partial charge in [0, 0.05) is 13.0 Å². The van der Waals surface area contributed by atoms with Crippen molar-refractivity contribution < 1.29 is 20.1 Å². The number of aliphatic hydroxyl groups excluding tert-OH is 2. The molecule has 0 aliphatic heterocycles. The van der Waals surface area contributed by atoms with Crippen molar-refractivity contribution in [2.24, 2.45) is 0 Å². The molecule has 0 amide bonds. The fourth-order valence-corrected chi connectivity index (χ4v) is 1.80. The van der Waals surface area contributed by atoms with Crippen molar-refractivity contribution in [1.29, 1.82) is 0 Å². The van der Waals surface area contributed by atoms with Crippen LogP contribution in [-0.4, -0.2) is 40.2 Å². The molecule has 0 bridgehead atoms. The van der Waals surface area contributed by atoms with Crippen LogP contribution in [0.25, 0.3) is 0 Å². The van der Waals surface area contributed by atoms with Gasteiger partial charge in [0.1, 0.15) is 0 Å². The number of benzene rings is 1. The molecule has 3 N–H and O–H groups in total. The maximum atomic E-state index is 9.83. The van der Waals surface area contributed by atoms with Crippen molar-refractivity contribution in [3.05, 3.63) is 35.9 Å². The van der Waals surface area contributed by atoms with Crippen molar-refractivity contribution in [3.8, 4) is 0 Å². The minimum absolute atomic E-state index is 0.0927. The van der Waals surface area contributed by atoms with Gasteiger partial charge in [0.05, 0.1) is 24.9 Å². The Morgan fingerprint density at radius 3 is 2.56 bits per heavy atom. The predicted octanol–water partition coefficient (Wildman–Crippen LogP) is 1.09. The van der Waals surface area contributed by atoms with Crippen LogP contribution in [-0.2, 0) is 11.3 Å². The highest BCUT2D eigenvalue weighted by molar-refractivity contribution is 5.13. The van der Waals surface area contributed by atoms with Gasteiger partial charge in [-0.1, -0.05) is 30.3 Å². The van der Waals surface area contributed by atoms with E-state index in [-0.39, 0.29) is 26.1 Å². The second-order valence-electron chi connectivity index (χ2n) is 4.83. The van der Waals surface area contributed by atoms with E-state index in [0.717, 1.165) is 5.56 Å². The summed E-state index contributed by atoms with van der Waals surface area (Å²) in [5.41, 5.74) is -0.00334. The molecule has 0 aromatic heterocycles. The van der Waals surface area contributed by atoms with Gasteiger partial charge in [-0.15, -0.1) is 0 Å². The first-order valence-corrected chi connectivity index (χ1v) is 6.16. The number of hydrogen-bond acceptors (Lipinski definition) is 4. The highest BCUT2D eigenvalue weighted by atomic mass is 16.5. The van der Waals surface area contributed by atoms with Crippen molar-refractivity contribution in [2.45, 2.75) is 38.1 Å². The van der Waals surface area contributed by atoms with Crippen LogP contribution in [0, 0.1) is 0 Å². The van der Waals surface area contributed by atoms with Gasteiger partial charge < -0.3 is 20.1 Å². The zero-order valence-corrected chi connectivity index (χ0v) is 10.7. The molecule has 4 heteroatoms. The lowest BCUT2D eigenvalue weighted by atomic mass is 9.95. The summed E-state index contributed by atoms with van der Waals surface area (Å²) >= 11 is 0. The first-order valence-electron chi connectivity index (χ1n) is 6.16. The SMILES string of the molecule is C[C@](O)(CCO)C[C@@H](O)COCc1ccccc1. The van der Waals surface area contributed by atoms with Crippen molar-refractivity contribution in [1.82, 2.24) is 0 Å². The number of ether oxygens (including phenoxy) is 1. The Balaban J connectivity index is 2.23. The van der Waals surface area contributed by atoms with Crippen molar-refractivity contribution in [3.63, 3.8) is 0 Å². The summed E-state index contributed by atoms with van der Waals surface area (Å²) in [7, 11) is 0. The van der Waals surface area contributed by atoms with E-state index >= 15 is 0 Å². The van der Waals surface area contributed by atoms with E-state index in [1.54, 1.807) is 6.92 Å². The predicted molar refractivity (Wildman–Crippen MR) is 69.0 cm³/mol. The molecule has 102 valence electrons. The zero-order valence-electron chi connectivity index (χ0n) is 10.7. The third-order valence-corrected chi connectivity index (χ3v) is 2.75. The maximum absolute atomic E-state index is 9.83. The normalized spacial score (nSPS) is 16.2. The summed E-state index contributed by atoms with van der Waals surface area (Å²) in [6, 6.07) is 9.70. The molecule has 0 aliphatic carbocycles. The summed E-state index contributed by atoms with van der Waals surface area (Å²) in [4.78, 5) is 0. The molecule has 1 aromatic carbocycles. The molecule has 0 heterocycles. The van der Waals surface area contributed by atoms with E-state index < -0.39 is 11.7 Å². The Morgan fingerprint density at radius 2 is 1.94 bits per heavy atom. The van der Waals surface area contributed by atoms with Crippen LogP contribution in [0.5, 0.6) is 0 Å². The third-order valence-electron chi connectivity index (χ3n) is 2.75. The second kappa shape index (κ2) is 7.48. The summed E-state index contributed by atoms with van der Waals surface area (Å²) < 4.78 is 5.38. The summed E-state index contributed by atoms with van der Waals surface area (Å²) in [6.07, 6.45) is -0.277. The smallest absolute Gasteiger partial charge is 0.0801 e. The highest BCUT2D eigenvalue weighted by Crippen LogP contribution is 2.16. The van der Waals surface area contributed by atoms with Crippen molar-refractivity contribution in [2.75, 3.05) is 13.2 Å². The topological polar surface area (TPSA) is 69.9 Å². The molecular weight excluding hydrogens is 232 g/mol. The zero-order chi connectivity index (χ0) is 13.4. The molecule has 1 aromatic rings. The van der Waals surface area contributed by atoms with Gasteiger partial charge in [-0.05, 0) is 18.9 Å². The second-order valence-corrected chi connectivity index (χ2v) is 4.83. The molecule has 1 rings (SSSR count). The summed E-state index contributed by atoms with van der Waals surface area (Å²) in [6.45, 7) is 2.13. The summed E-state index contributed by atoms with van der Waals surface area (Å²) in [5, 5.41) is 28.3. The van der Waals surface area contributed by atoms with Crippen LogP contribution in [0.1, 0.15) is 25.3 Å². The molecule has 0 fully saturated rings. The van der Waals surface area contributed by atoms with Gasteiger partial charge >= 0.3 is 0 Å². The first kappa shape index (κ1) is 15.1. The molecule has 0 aliphatic rings. The standard InChI is InChI=1S/C14H22O4/c1-14(17,7-8-15)9-13(16)11-18-10-12-5-3-2-4-6-12/h2-6,13,15-17H,7-11H2,1H3/t13-,14+/m1/s1. The lowest BCUT2D eigenvalue weighted by molar-refractivity contribution is -0.0433. The average molecular weight is 254 g/mol. The number of hydrogen-bond donors (Lipinski definition) is 3. The Morgan fingerprint density at radius 1 is 1.28 bits per heavy atom. The van der Waals surface area contributed by atoms with E-state index in [4.69, 9.17) is 9.84 Å². The van der Waals surface area contributed by atoms with E-state index in [2.05, 4.69) is 0 Å². The van der Waals surface area contributed by atoms with Gasteiger partial charge in [0.2, 0.25) is 0 Å². The Bertz CT molecular complexity index is 324. The monoisotopic (exact) mass is 254 g/mol. The van der Waals surface area contributed by atoms with Gasteiger partial charge in [0.15, 0.2) is 0 Å². The van der Waals surface area contributed by atoms with Crippen LogP contribution in [0.15, 0.2) is 30.3 Å². The van der Waals surface area contributed by atoms with Crippen LogP contribution in [0.3, 0.4) is 0 Å². The average Bonchev–Trinajstić information content (AvgIpc) is 2.29. The molecule has 0 spiro atoms. The number of aliphatic hydroxyl groups is 3. The van der Waals surface area contributed by atoms with Crippen LogP contribution in [0.2, 0.25) is 0 Å². The molecular formula is C14H22O4. The largest absolute Gasteiger partial charge is 0.396 e. The molecule has 0 saturated carbocycles. The molecule has 4 nitrogen and oxygen atoms in total. The number of rotatable bonds is 8. The van der Waals surface area contributed by atoms with E-state index in [9.17, 15) is 10.2 Å². The van der Waals surface area contributed by atoms with E-state index in [1.807, 2.05) is 30.3 Å². The maximum Gasteiger partial charge on any atom is 0.0801 e. The molecule has 0 saturated heterocycles. The fourth-order valence-electron chi connectivity index (χ4n) is 1.80. The molecule has 0 unspecified atom stereocenters. The van der Waals surface area contributed by atoms with Gasteiger partial charge in [-0.25, -0.2) is 0 Å². The van der Waals surface area contributed by atoms with Gasteiger partial charge in [-0.2, -0.15) is 0 Å². The Labute approximate surface area is 108 Å². The molecule has 2 atom stereocenters. The van der Waals surface area contributed by atoms with E-state index in [0.29, 0.717) is 6.61 Å². The van der Waals surface area contributed by atoms with E-state index in [1.165, 1.54) is 0 Å². The minimum atomic E-state index is -1.05. The quantitative estimate of drug-likeness (QED) is 0.649. The van der Waals surface area contributed by atoms with Crippen LogP contribution < -0.4 is 0 Å². The highest BCUT2D eigenvalue weighted by Gasteiger charge is 2.23. The molecule has 18 heavy (non-hydrogen) atoms. The van der Waals surface area contributed by atoms with Gasteiger partial charge in [-0.3, -0.25) is 0 Å².